The van der Waals surface area contributed by atoms with Crippen LogP contribution in [0.2, 0.25) is 5.02 Å². The number of nitrogens with one attached hydrogen (secondary N) is 1. The molecule has 5 rings (SSSR count). The lowest BCUT2D eigenvalue weighted by Crippen LogP contribution is -2.53. The molecule has 3 aliphatic rings. The molecule has 8 nitrogen and oxygen atoms in total. The zero-order valence-corrected chi connectivity index (χ0v) is 19.3. The molecule has 34 heavy (non-hydrogen) atoms. The molecule has 4 amide bonds. The van der Waals surface area contributed by atoms with Gasteiger partial charge in [-0.1, -0.05) is 35.9 Å². The van der Waals surface area contributed by atoms with Crippen molar-refractivity contribution in [2.75, 3.05) is 32.7 Å². The van der Waals surface area contributed by atoms with Crippen LogP contribution in [0.3, 0.4) is 0 Å². The van der Waals surface area contributed by atoms with E-state index in [-0.39, 0.29) is 36.2 Å². The fraction of sp³-hybridized carbons (Fsp3) is 0.360. The van der Waals surface area contributed by atoms with Crippen molar-refractivity contribution in [1.82, 2.24) is 20.0 Å². The van der Waals surface area contributed by atoms with Gasteiger partial charge in [0.1, 0.15) is 6.04 Å². The third-order valence-electron chi connectivity index (χ3n) is 6.59. The summed E-state index contributed by atoms with van der Waals surface area (Å²) in [6, 6.07) is 13.3. The van der Waals surface area contributed by atoms with Gasteiger partial charge >= 0.3 is 0 Å². The Hall–Kier alpha value is -3.39. The van der Waals surface area contributed by atoms with E-state index in [1.807, 2.05) is 6.07 Å². The molecule has 2 fully saturated rings. The molecular weight excluding hydrogens is 456 g/mol. The highest BCUT2D eigenvalue weighted by molar-refractivity contribution is 6.31. The summed E-state index contributed by atoms with van der Waals surface area (Å²) >= 11 is 5.99. The van der Waals surface area contributed by atoms with Gasteiger partial charge in [-0.05, 0) is 42.7 Å². The molecule has 2 aromatic rings. The second-order valence-corrected chi connectivity index (χ2v) is 9.27. The molecular formula is C25H25ClN4O4. The molecule has 0 spiro atoms. The van der Waals surface area contributed by atoms with Crippen molar-refractivity contribution in [3.05, 3.63) is 70.2 Å². The molecule has 2 aromatic carbocycles. The lowest BCUT2D eigenvalue weighted by Gasteiger charge is -2.35. The summed E-state index contributed by atoms with van der Waals surface area (Å²) < 4.78 is 0. The Balaban J connectivity index is 1.16. The first kappa shape index (κ1) is 22.4. The molecule has 0 aromatic heterocycles. The fourth-order valence-electron chi connectivity index (χ4n) is 4.67. The molecule has 1 saturated heterocycles. The Bertz CT molecular complexity index is 1160. The highest BCUT2D eigenvalue weighted by Crippen LogP contribution is 2.41. The number of piperazine rings is 1. The molecule has 1 aliphatic carbocycles. The molecule has 2 aliphatic heterocycles. The highest BCUT2D eigenvalue weighted by Gasteiger charge is 2.47. The van der Waals surface area contributed by atoms with E-state index >= 15 is 0 Å². The van der Waals surface area contributed by atoms with Crippen molar-refractivity contribution in [3.63, 3.8) is 0 Å². The van der Waals surface area contributed by atoms with E-state index in [1.54, 1.807) is 57.2 Å². The number of nitrogens with zero attached hydrogens (tertiary/aromatic N) is 3. The number of halogens is 1. The molecule has 1 atom stereocenters. The number of rotatable bonds is 5. The van der Waals surface area contributed by atoms with Gasteiger partial charge in [0.25, 0.3) is 11.8 Å². The minimum absolute atomic E-state index is 0.0801. The number of carbonyl (C=O) groups is 4. The van der Waals surface area contributed by atoms with E-state index in [1.165, 1.54) is 0 Å². The zero-order chi connectivity index (χ0) is 23.8. The van der Waals surface area contributed by atoms with E-state index in [0.717, 1.165) is 12.8 Å². The van der Waals surface area contributed by atoms with E-state index in [0.29, 0.717) is 47.9 Å². The average Bonchev–Trinajstić information content (AvgIpc) is 3.65. The maximum atomic E-state index is 13.1. The Morgan fingerprint density at radius 3 is 2.35 bits per heavy atom. The summed E-state index contributed by atoms with van der Waals surface area (Å²) in [6.45, 7) is 1.45. The number of benzene rings is 2. The molecule has 1 N–H and O–H groups in total. The van der Waals surface area contributed by atoms with Crippen molar-refractivity contribution in [2.45, 2.75) is 24.9 Å². The van der Waals surface area contributed by atoms with Crippen LogP contribution in [0.1, 0.15) is 45.2 Å². The third-order valence-corrected chi connectivity index (χ3v) is 6.83. The van der Waals surface area contributed by atoms with Gasteiger partial charge in [0.05, 0.1) is 6.54 Å². The summed E-state index contributed by atoms with van der Waals surface area (Å²) in [5, 5.41) is 3.24. The highest BCUT2D eigenvalue weighted by atomic mass is 35.5. The number of fused-ring (bicyclic) bond motifs is 1. The molecule has 0 bridgehead atoms. The maximum absolute atomic E-state index is 13.1. The number of hydrogen-bond acceptors (Lipinski definition) is 4. The van der Waals surface area contributed by atoms with Gasteiger partial charge in [-0.2, -0.15) is 0 Å². The first-order valence-corrected chi connectivity index (χ1v) is 11.8. The average molecular weight is 481 g/mol. The first-order chi connectivity index (χ1) is 16.4. The van der Waals surface area contributed by atoms with Crippen molar-refractivity contribution in [1.29, 1.82) is 0 Å². The van der Waals surface area contributed by atoms with Crippen LogP contribution in [-0.4, -0.2) is 77.1 Å². The second kappa shape index (κ2) is 9.10. The Labute approximate surface area is 202 Å². The van der Waals surface area contributed by atoms with Gasteiger partial charge in [0.15, 0.2) is 0 Å². The number of amides is 4. The number of carbonyl (C=O) groups excluding carboxylic acids is 4. The van der Waals surface area contributed by atoms with Crippen LogP contribution in [0.25, 0.3) is 0 Å². The minimum atomic E-state index is -0.698. The van der Waals surface area contributed by atoms with Crippen LogP contribution in [0, 0.1) is 0 Å². The second-order valence-electron chi connectivity index (χ2n) is 8.83. The van der Waals surface area contributed by atoms with Crippen LogP contribution < -0.4 is 5.32 Å². The Morgan fingerprint density at radius 1 is 0.941 bits per heavy atom. The van der Waals surface area contributed by atoms with Crippen molar-refractivity contribution < 1.29 is 19.2 Å². The van der Waals surface area contributed by atoms with E-state index in [9.17, 15) is 19.2 Å². The largest absolute Gasteiger partial charge is 0.345 e. The van der Waals surface area contributed by atoms with Crippen LogP contribution in [0.15, 0.2) is 48.5 Å². The van der Waals surface area contributed by atoms with Crippen LogP contribution in [0.5, 0.6) is 0 Å². The van der Waals surface area contributed by atoms with Crippen molar-refractivity contribution in [3.8, 4) is 0 Å². The van der Waals surface area contributed by atoms with E-state index in [4.69, 9.17) is 11.6 Å². The molecule has 1 unspecified atom stereocenters. The SMILES string of the molecule is O=C(NCC(=O)N1CCN(C(=O)c2cccc(Cl)c2)CC1)C1c2ccccc2C(=O)N1C1CC1. The summed E-state index contributed by atoms with van der Waals surface area (Å²) in [7, 11) is 0. The standard InChI is InChI=1S/C25H25ClN4O4/c26-17-5-3-4-16(14-17)24(33)29-12-10-28(11-13-29)21(31)15-27-23(32)22-19-6-1-2-7-20(19)25(34)30(22)18-8-9-18/h1-7,14,18,22H,8-13,15H2,(H,27,32). The van der Waals surface area contributed by atoms with Gasteiger partial charge < -0.3 is 20.0 Å². The van der Waals surface area contributed by atoms with Crippen LogP contribution in [-0.2, 0) is 9.59 Å². The number of hydrogen-bond donors (Lipinski definition) is 1. The van der Waals surface area contributed by atoms with Crippen molar-refractivity contribution in [2.24, 2.45) is 0 Å². The Morgan fingerprint density at radius 2 is 1.65 bits per heavy atom. The monoisotopic (exact) mass is 480 g/mol. The molecule has 9 heteroatoms. The first-order valence-electron chi connectivity index (χ1n) is 11.5. The predicted octanol–water partition coefficient (Wildman–Crippen LogP) is 2.10. The smallest absolute Gasteiger partial charge is 0.255 e. The van der Waals surface area contributed by atoms with E-state index in [2.05, 4.69) is 5.32 Å². The molecule has 0 radical (unpaired) electrons. The van der Waals surface area contributed by atoms with Crippen LogP contribution >= 0.6 is 11.6 Å². The summed E-state index contributed by atoms with van der Waals surface area (Å²) in [4.78, 5) is 56.3. The minimum Gasteiger partial charge on any atom is -0.345 e. The lowest BCUT2D eigenvalue weighted by molar-refractivity contribution is -0.135. The van der Waals surface area contributed by atoms with Gasteiger partial charge in [0.2, 0.25) is 11.8 Å². The Kier molecular flexibility index (Phi) is 6.00. The molecule has 1 saturated carbocycles. The van der Waals surface area contributed by atoms with Gasteiger partial charge in [-0.3, -0.25) is 19.2 Å². The predicted molar refractivity (Wildman–Crippen MR) is 125 cm³/mol. The van der Waals surface area contributed by atoms with Gasteiger partial charge in [-0.25, -0.2) is 0 Å². The third kappa shape index (κ3) is 4.25. The molecule has 2 heterocycles. The maximum Gasteiger partial charge on any atom is 0.255 e. The summed E-state index contributed by atoms with van der Waals surface area (Å²) in [5.41, 5.74) is 1.77. The van der Waals surface area contributed by atoms with Crippen LogP contribution in [0.4, 0.5) is 0 Å². The van der Waals surface area contributed by atoms with Gasteiger partial charge in [-0.15, -0.1) is 0 Å². The zero-order valence-electron chi connectivity index (χ0n) is 18.6. The molecule has 176 valence electrons. The lowest BCUT2D eigenvalue weighted by atomic mass is 10.0. The van der Waals surface area contributed by atoms with Gasteiger partial charge in [0, 0.05) is 48.4 Å². The fourth-order valence-corrected chi connectivity index (χ4v) is 4.86. The summed E-state index contributed by atoms with van der Waals surface area (Å²) in [6.07, 6.45) is 1.78. The topological polar surface area (TPSA) is 90.0 Å². The van der Waals surface area contributed by atoms with Crippen molar-refractivity contribution >= 4 is 35.2 Å². The quantitative estimate of drug-likeness (QED) is 0.709. The summed E-state index contributed by atoms with van der Waals surface area (Å²) in [5.74, 6) is -0.787. The normalized spacial score (nSPS) is 19.7. The van der Waals surface area contributed by atoms with E-state index < -0.39 is 6.04 Å².